The predicted molar refractivity (Wildman–Crippen MR) is 129 cm³/mol. The van der Waals surface area contributed by atoms with Gasteiger partial charge in [-0.1, -0.05) is 25.1 Å². The molecule has 0 unspecified atom stereocenters. The predicted octanol–water partition coefficient (Wildman–Crippen LogP) is 5.39. The van der Waals surface area contributed by atoms with Crippen LogP contribution in [0.2, 0.25) is 0 Å². The summed E-state index contributed by atoms with van der Waals surface area (Å²) in [6, 6.07) is 12.4. The third-order valence-electron chi connectivity index (χ3n) is 6.40. The molecule has 32 heavy (non-hydrogen) atoms. The van der Waals surface area contributed by atoms with Gasteiger partial charge in [0.2, 0.25) is 0 Å². The van der Waals surface area contributed by atoms with Gasteiger partial charge in [0.1, 0.15) is 11.4 Å². The molecular formula is C26H29N5O. The number of hydrogen-bond donors (Lipinski definition) is 3. The zero-order valence-electron chi connectivity index (χ0n) is 18.8. The van der Waals surface area contributed by atoms with Crippen LogP contribution in [0.1, 0.15) is 38.4 Å². The second kappa shape index (κ2) is 8.28. The molecule has 6 nitrogen and oxygen atoms in total. The number of aromatic nitrogens is 4. The molecule has 3 N–H and O–H groups in total. The molecule has 0 radical (unpaired) electrons. The van der Waals surface area contributed by atoms with E-state index in [-0.39, 0.29) is 0 Å². The van der Waals surface area contributed by atoms with E-state index in [0.717, 1.165) is 70.7 Å². The summed E-state index contributed by atoms with van der Waals surface area (Å²) in [5.74, 6) is 1.08. The van der Waals surface area contributed by atoms with Crippen molar-refractivity contribution in [3.05, 3.63) is 59.9 Å². The van der Waals surface area contributed by atoms with E-state index in [0.29, 0.717) is 11.8 Å². The Balaban J connectivity index is 1.46. The van der Waals surface area contributed by atoms with Crippen molar-refractivity contribution in [1.82, 2.24) is 25.1 Å². The summed E-state index contributed by atoms with van der Waals surface area (Å²) in [6.45, 7) is 8.63. The summed E-state index contributed by atoms with van der Waals surface area (Å²) >= 11 is 0. The molecule has 0 saturated heterocycles. The lowest BCUT2D eigenvalue weighted by Crippen LogP contribution is -2.35. The average molecular weight is 428 g/mol. The summed E-state index contributed by atoms with van der Waals surface area (Å²) < 4.78 is 0. The first-order valence-electron chi connectivity index (χ1n) is 11.3. The molecule has 6 heteroatoms. The molecule has 0 atom stereocenters. The highest BCUT2D eigenvalue weighted by molar-refractivity contribution is 5.94. The molecule has 0 fully saturated rings. The third kappa shape index (κ3) is 3.71. The Morgan fingerprint density at radius 1 is 1.16 bits per heavy atom. The zero-order valence-corrected chi connectivity index (χ0v) is 18.8. The highest BCUT2D eigenvalue weighted by Crippen LogP contribution is 2.32. The van der Waals surface area contributed by atoms with Gasteiger partial charge < -0.3 is 10.1 Å². The first-order chi connectivity index (χ1) is 15.5. The average Bonchev–Trinajstić information content (AvgIpc) is 3.45. The number of nitrogens with zero attached hydrogens (tertiary/aromatic N) is 3. The quantitative estimate of drug-likeness (QED) is 0.399. The van der Waals surface area contributed by atoms with Gasteiger partial charge in [0, 0.05) is 24.5 Å². The molecule has 2 aromatic carbocycles. The smallest absolute Gasteiger partial charge is 0.159 e. The molecule has 4 aromatic rings. The first-order valence-corrected chi connectivity index (χ1v) is 11.3. The molecule has 0 bridgehead atoms. The Morgan fingerprint density at radius 3 is 2.84 bits per heavy atom. The Morgan fingerprint density at radius 2 is 2.03 bits per heavy atom. The highest BCUT2D eigenvalue weighted by Gasteiger charge is 2.19. The third-order valence-corrected chi connectivity index (χ3v) is 6.40. The highest BCUT2D eigenvalue weighted by atomic mass is 16.3. The van der Waals surface area contributed by atoms with Crippen LogP contribution in [0.25, 0.3) is 39.1 Å². The maximum atomic E-state index is 9.82. The summed E-state index contributed by atoms with van der Waals surface area (Å²) in [4.78, 5) is 10.6. The monoisotopic (exact) mass is 427 g/mol. The number of aromatic amines is 2. The standard InChI is InChI=1S/C26H29N5O/c1-4-17-12-20(32)8-10-21(17)18-7-9-22-23(13-18)29-30-25(22)26-27-14-24(28-26)19-6-5-11-31(15-19)16(2)3/h6-10,12-14,16,32H,4-5,11,15H2,1-3H3,(H,27,28)(H,29,30). The van der Waals surface area contributed by atoms with Crippen LogP contribution in [-0.4, -0.2) is 49.3 Å². The van der Waals surface area contributed by atoms with Crippen LogP contribution in [-0.2, 0) is 6.42 Å². The van der Waals surface area contributed by atoms with E-state index in [2.05, 4.69) is 70.1 Å². The largest absolute Gasteiger partial charge is 0.508 e. The lowest BCUT2D eigenvalue weighted by molar-refractivity contribution is 0.247. The van der Waals surface area contributed by atoms with E-state index in [1.807, 2.05) is 18.3 Å². The van der Waals surface area contributed by atoms with Crippen molar-refractivity contribution in [2.45, 2.75) is 39.7 Å². The van der Waals surface area contributed by atoms with Crippen molar-refractivity contribution in [2.75, 3.05) is 13.1 Å². The van der Waals surface area contributed by atoms with Crippen LogP contribution in [0.15, 0.2) is 48.7 Å². The van der Waals surface area contributed by atoms with Gasteiger partial charge in [-0.25, -0.2) is 4.98 Å². The number of hydrogen-bond acceptors (Lipinski definition) is 4. The van der Waals surface area contributed by atoms with E-state index in [1.165, 1.54) is 5.57 Å². The van der Waals surface area contributed by atoms with Crippen molar-refractivity contribution in [3.8, 4) is 28.4 Å². The second-order valence-corrected chi connectivity index (χ2v) is 8.76. The summed E-state index contributed by atoms with van der Waals surface area (Å²) in [7, 11) is 0. The fourth-order valence-corrected chi connectivity index (χ4v) is 4.53. The summed E-state index contributed by atoms with van der Waals surface area (Å²) in [5, 5.41) is 18.6. The number of phenols is 1. The van der Waals surface area contributed by atoms with Crippen molar-refractivity contribution in [1.29, 1.82) is 0 Å². The van der Waals surface area contributed by atoms with Crippen LogP contribution in [0.5, 0.6) is 5.75 Å². The van der Waals surface area contributed by atoms with Crippen molar-refractivity contribution < 1.29 is 5.11 Å². The SMILES string of the molecule is CCc1cc(O)ccc1-c1ccc2c(-c3ncc(C4=CCCN(C(C)C)C4)[nH]3)n[nH]c2c1. The van der Waals surface area contributed by atoms with Gasteiger partial charge in [0.15, 0.2) is 5.82 Å². The van der Waals surface area contributed by atoms with Crippen LogP contribution in [0, 0.1) is 0 Å². The number of benzene rings is 2. The molecule has 3 heterocycles. The lowest BCUT2D eigenvalue weighted by atomic mass is 9.97. The van der Waals surface area contributed by atoms with Crippen LogP contribution >= 0.6 is 0 Å². The van der Waals surface area contributed by atoms with Crippen molar-refractivity contribution in [3.63, 3.8) is 0 Å². The Labute approximate surface area is 188 Å². The van der Waals surface area contributed by atoms with E-state index < -0.39 is 0 Å². The van der Waals surface area contributed by atoms with Gasteiger partial charge in [-0.05, 0) is 73.2 Å². The van der Waals surface area contributed by atoms with Crippen molar-refractivity contribution >= 4 is 16.5 Å². The minimum absolute atomic E-state index is 0.300. The maximum absolute atomic E-state index is 9.82. The number of rotatable bonds is 5. The van der Waals surface area contributed by atoms with Crippen molar-refractivity contribution in [2.24, 2.45) is 0 Å². The zero-order chi connectivity index (χ0) is 22.2. The maximum Gasteiger partial charge on any atom is 0.159 e. The van der Waals surface area contributed by atoms with E-state index >= 15 is 0 Å². The minimum atomic E-state index is 0.300. The fourth-order valence-electron chi connectivity index (χ4n) is 4.53. The van der Waals surface area contributed by atoms with E-state index in [1.54, 1.807) is 6.07 Å². The molecule has 2 aromatic heterocycles. The number of phenolic OH excluding ortho intramolecular Hbond substituents is 1. The Kier molecular flexibility index (Phi) is 5.31. The van der Waals surface area contributed by atoms with Gasteiger partial charge in [-0.2, -0.15) is 5.10 Å². The molecule has 1 aliphatic heterocycles. The van der Waals surface area contributed by atoms with Crippen LogP contribution in [0.4, 0.5) is 0 Å². The molecule has 0 saturated carbocycles. The fraction of sp³-hybridized carbons (Fsp3) is 0.308. The van der Waals surface area contributed by atoms with Gasteiger partial charge >= 0.3 is 0 Å². The Bertz CT molecular complexity index is 1300. The number of imidazole rings is 1. The number of nitrogens with one attached hydrogen (secondary N) is 2. The topological polar surface area (TPSA) is 80.8 Å². The molecular weight excluding hydrogens is 398 g/mol. The number of aryl methyl sites for hydroxylation is 1. The number of aromatic hydroxyl groups is 1. The van der Waals surface area contributed by atoms with E-state index in [4.69, 9.17) is 0 Å². The Hall–Kier alpha value is -3.38. The van der Waals surface area contributed by atoms with Gasteiger partial charge in [-0.15, -0.1) is 0 Å². The molecule has 1 aliphatic rings. The normalized spacial score (nSPS) is 14.9. The molecule has 0 spiro atoms. The van der Waals surface area contributed by atoms with Crippen LogP contribution in [0.3, 0.4) is 0 Å². The molecule has 0 aliphatic carbocycles. The summed E-state index contributed by atoms with van der Waals surface area (Å²) in [6.07, 6.45) is 6.15. The second-order valence-electron chi connectivity index (χ2n) is 8.76. The van der Waals surface area contributed by atoms with E-state index in [9.17, 15) is 5.11 Å². The molecule has 164 valence electrons. The molecule has 5 rings (SSSR count). The number of fused-ring (bicyclic) bond motifs is 1. The number of H-pyrrole nitrogens is 2. The van der Waals surface area contributed by atoms with Gasteiger partial charge in [0.05, 0.1) is 17.4 Å². The lowest BCUT2D eigenvalue weighted by Gasteiger charge is -2.30. The molecule has 0 amide bonds. The van der Waals surface area contributed by atoms with Gasteiger partial charge in [0.25, 0.3) is 0 Å². The van der Waals surface area contributed by atoms with Crippen LogP contribution < -0.4 is 0 Å². The van der Waals surface area contributed by atoms with Gasteiger partial charge in [-0.3, -0.25) is 10.00 Å². The summed E-state index contributed by atoms with van der Waals surface area (Å²) in [5.41, 5.74) is 7.51. The first kappa shape index (κ1) is 20.5. The minimum Gasteiger partial charge on any atom is -0.508 e.